The molecular weight excluding hydrogens is 476 g/mol. The summed E-state index contributed by atoms with van der Waals surface area (Å²) >= 11 is 1.30. The number of amidine groups is 2. The lowest BCUT2D eigenvalue weighted by molar-refractivity contribution is -0.384. The number of rotatable bonds is 5. The first-order valence-electron chi connectivity index (χ1n) is 11.2. The number of non-ortho nitro benzene ring substituents is 1. The molecule has 2 aliphatic heterocycles. The second kappa shape index (κ2) is 9.04. The minimum atomic E-state index is -0.494. The van der Waals surface area contributed by atoms with E-state index in [1.165, 1.54) is 22.8 Å². The van der Waals surface area contributed by atoms with Crippen molar-refractivity contribution in [2.75, 3.05) is 0 Å². The minimum Gasteiger partial charge on any atom is -0.317 e. The van der Waals surface area contributed by atoms with Crippen LogP contribution in [-0.4, -0.2) is 36.5 Å². The molecule has 0 spiro atoms. The number of hydrogen-bond donors (Lipinski definition) is 1. The fourth-order valence-corrected chi connectivity index (χ4v) is 5.21. The summed E-state index contributed by atoms with van der Waals surface area (Å²) in [7, 11) is 0. The molecule has 0 saturated carbocycles. The highest BCUT2D eigenvalue weighted by molar-refractivity contribution is 8.26. The Kier molecular flexibility index (Phi) is 5.89. The van der Waals surface area contributed by atoms with Gasteiger partial charge in [0.25, 0.3) is 11.6 Å². The minimum absolute atomic E-state index is 0.00445. The Morgan fingerprint density at radius 3 is 2.58 bits per heavy atom. The molecule has 3 aromatic rings. The summed E-state index contributed by atoms with van der Waals surface area (Å²) in [5.74, 6) is -0.525. The maximum atomic E-state index is 12.9. The highest BCUT2D eigenvalue weighted by Gasteiger charge is 2.35. The standard InChI is InChI=1S/C26H22N6O3S/c1-15-9-10-20(32(34)35)14-22(15)30-16(2)11-19(17(30)3)13-21-24(27)31-26(28-25(21)33)36-23(29-31)12-18-7-5-4-6-8-18/h4-11,13-14,27H,12H2,1-3H3/b21-13+,27-24?. The summed E-state index contributed by atoms with van der Waals surface area (Å²) in [6.07, 6.45) is 2.23. The van der Waals surface area contributed by atoms with Crippen molar-refractivity contribution in [3.05, 3.63) is 98.4 Å². The van der Waals surface area contributed by atoms with Gasteiger partial charge < -0.3 is 4.57 Å². The molecule has 2 aromatic carbocycles. The Hall–Kier alpha value is -4.31. The molecular formula is C26H22N6O3S. The molecule has 9 nitrogen and oxygen atoms in total. The Morgan fingerprint density at radius 1 is 1.11 bits per heavy atom. The molecule has 0 radical (unpaired) electrons. The topological polar surface area (TPSA) is 117 Å². The van der Waals surface area contributed by atoms with Crippen molar-refractivity contribution in [2.24, 2.45) is 10.1 Å². The highest BCUT2D eigenvalue weighted by atomic mass is 32.2. The van der Waals surface area contributed by atoms with Crippen LogP contribution < -0.4 is 0 Å². The average Bonchev–Trinajstić information content (AvgIpc) is 3.37. The fraction of sp³-hybridized carbons (Fsp3) is 0.154. The second-order valence-electron chi connectivity index (χ2n) is 8.57. The van der Waals surface area contributed by atoms with Gasteiger partial charge in [-0.1, -0.05) is 36.4 Å². The van der Waals surface area contributed by atoms with E-state index in [2.05, 4.69) is 10.1 Å². The van der Waals surface area contributed by atoms with Gasteiger partial charge >= 0.3 is 0 Å². The Labute approximate surface area is 211 Å². The molecule has 3 heterocycles. The van der Waals surface area contributed by atoms with Gasteiger partial charge in [0.2, 0.25) is 5.17 Å². The summed E-state index contributed by atoms with van der Waals surface area (Å²) in [4.78, 5) is 28.0. The van der Waals surface area contributed by atoms with E-state index in [0.29, 0.717) is 17.3 Å². The van der Waals surface area contributed by atoms with Crippen molar-refractivity contribution in [1.82, 2.24) is 9.58 Å². The van der Waals surface area contributed by atoms with Gasteiger partial charge in [0.15, 0.2) is 5.84 Å². The second-order valence-corrected chi connectivity index (χ2v) is 9.61. The number of aliphatic imine (C=N–C) groups is 1. The van der Waals surface area contributed by atoms with Crippen LogP contribution in [0.3, 0.4) is 0 Å². The molecule has 0 atom stereocenters. The van der Waals surface area contributed by atoms with Gasteiger partial charge in [-0.2, -0.15) is 15.1 Å². The normalized spacial score (nSPS) is 16.3. The van der Waals surface area contributed by atoms with Crippen LogP contribution in [0.2, 0.25) is 0 Å². The first-order chi connectivity index (χ1) is 17.2. The largest absolute Gasteiger partial charge is 0.317 e. The zero-order valence-electron chi connectivity index (χ0n) is 19.8. The zero-order chi connectivity index (χ0) is 25.6. The van der Waals surface area contributed by atoms with E-state index in [9.17, 15) is 14.9 Å². The lowest BCUT2D eigenvalue weighted by Gasteiger charge is -2.20. The summed E-state index contributed by atoms with van der Waals surface area (Å²) in [5, 5.41) is 27.1. The number of aryl methyl sites for hydroxylation is 2. The maximum absolute atomic E-state index is 12.9. The van der Waals surface area contributed by atoms with Crippen LogP contribution in [0, 0.1) is 36.3 Å². The number of hydrogen-bond acceptors (Lipinski definition) is 6. The van der Waals surface area contributed by atoms with E-state index >= 15 is 0 Å². The number of nitrogens with one attached hydrogen (secondary N) is 1. The predicted molar refractivity (Wildman–Crippen MR) is 142 cm³/mol. The van der Waals surface area contributed by atoms with Gasteiger partial charge in [-0.05, 0) is 61.4 Å². The molecule has 0 saturated heterocycles. The molecule has 1 aromatic heterocycles. The number of nitro benzene ring substituents is 1. The van der Waals surface area contributed by atoms with Crippen molar-refractivity contribution >= 4 is 45.5 Å². The smallest absolute Gasteiger partial charge is 0.283 e. The van der Waals surface area contributed by atoms with Crippen LogP contribution in [0.25, 0.3) is 11.8 Å². The van der Waals surface area contributed by atoms with E-state index < -0.39 is 10.8 Å². The molecule has 10 heteroatoms. The number of benzene rings is 2. The van der Waals surface area contributed by atoms with Gasteiger partial charge in [-0.25, -0.2) is 0 Å². The number of hydrazone groups is 1. The third-order valence-electron chi connectivity index (χ3n) is 6.11. The molecule has 36 heavy (non-hydrogen) atoms. The molecule has 180 valence electrons. The van der Waals surface area contributed by atoms with Gasteiger partial charge in [-0.3, -0.25) is 20.3 Å². The van der Waals surface area contributed by atoms with E-state index in [4.69, 9.17) is 5.41 Å². The van der Waals surface area contributed by atoms with Crippen LogP contribution in [0.15, 0.2) is 70.3 Å². The molecule has 1 N–H and O–H groups in total. The van der Waals surface area contributed by atoms with Crippen LogP contribution >= 0.6 is 11.8 Å². The third-order valence-corrected chi connectivity index (χ3v) is 7.02. The molecule has 0 aliphatic carbocycles. The highest BCUT2D eigenvalue weighted by Crippen LogP contribution is 2.32. The number of aromatic nitrogens is 1. The zero-order valence-corrected chi connectivity index (χ0v) is 20.7. The molecule has 0 bridgehead atoms. The van der Waals surface area contributed by atoms with Gasteiger partial charge in [0, 0.05) is 29.9 Å². The van der Waals surface area contributed by atoms with E-state index in [0.717, 1.165) is 33.1 Å². The quantitative estimate of drug-likeness (QED) is 0.296. The third kappa shape index (κ3) is 4.16. The molecule has 0 unspecified atom stereocenters. The number of nitro groups is 1. The lowest BCUT2D eigenvalue weighted by Crippen LogP contribution is -2.35. The number of thioether (sulfide) groups is 1. The van der Waals surface area contributed by atoms with Crippen LogP contribution in [0.4, 0.5) is 5.69 Å². The van der Waals surface area contributed by atoms with E-state index in [1.54, 1.807) is 18.2 Å². The summed E-state index contributed by atoms with van der Waals surface area (Å²) in [6, 6.07) is 16.5. The van der Waals surface area contributed by atoms with Gasteiger partial charge in [-0.15, -0.1) is 0 Å². The van der Waals surface area contributed by atoms with E-state index in [1.807, 2.05) is 61.7 Å². The SMILES string of the molecule is Cc1ccc([N+](=O)[O-])cc1-n1c(C)cc(/C=C2\C(=N)N3N=C(Cc4ccccc4)SC3=NC2=O)c1C. The van der Waals surface area contributed by atoms with Crippen molar-refractivity contribution < 1.29 is 9.72 Å². The first-order valence-corrected chi connectivity index (χ1v) is 12.0. The molecule has 1 amide bonds. The number of fused-ring (bicyclic) bond motifs is 1. The predicted octanol–water partition coefficient (Wildman–Crippen LogP) is 5.17. The summed E-state index contributed by atoms with van der Waals surface area (Å²) < 4.78 is 1.92. The van der Waals surface area contributed by atoms with Crippen molar-refractivity contribution in [3.63, 3.8) is 0 Å². The first kappa shape index (κ1) is 23.4. The van der Waals surface area contributed by atoms with Gasteiger partial charge in [0.1, 0.15) is 5.04 Å². The summed E-state index contributed by atoms with van der Waals surface area (Å²) in [5.41, 5.74) is 5.17. The number of carbonyl (C=O) groups is 1. The molecule has 2 aliphatic rings. The number of carbonyl (C=O) groups excluding carboxylic acids is 1. The van der Waals surface area contributed by atoms with Crippen LogP contribution in [0.5, 0.6) is 0 Å². The average molecular weight is 499 g/mol. The fourth-order valence-electron chi connectivity index (χ4n) is 4.29. The van der Waals surface area contributed by atoms with Crippen LogP contribution in [-0.2, 0) is 11.2 Å². The van der Waals surface area contributed by atoms with Crippen molar-refractivity contribution in [3.8, 4) is 5.69 Å². The summed E-state index contributed by atoms with van der Waals surface area (Å²) in [6.45, 7) is 5.67. The Balaban J connectivity index is 1.49. The lowest BCUT2D eigenvalue weighted by atomic mass is 10.1. The van der Waals surface area contributed by atoms with Crippen molar-refractivity contribution in [1.29, 1.82) is 5.41 Å². The maximum Gasteiger partial charge on any atom is 0.283 e. The monoisotopic (exact) mass is 498 g/mol. The Morgan fingerprint density at radius 2 is 1.86 bits per heavy atom. The van der Waals surface area contributed by atoms with Crippen LogP contribution in [0.1, 0.15) is 28.1 Å². The van der Waals surface area contributed by atoms with Crippen molar-refractivity contribution in [2.45, 2.75) is 27.2 Å². The van der Waals surface area contributed by atoms with Gasteiger partial charge in [0.05, 0.1) is 16.2 Å². The Bertz CT molecular complexity index is 1530. The molecule has 0 fully saturated rings. The number of nitrogens with zero attached hydrogens (tertiary/aromatic N) is 5. The van der Waals surface area contributed by atoms with E-state index in [-0.39, 0.29) is 17.1 Å². The molecule has 5 rings (SSSR count). The number of amides is 1.